The zero-order valence-electron chi connectivity index (χ0n) is 11.3. The van der Waals surface area contributed by atoms with Crippen LogP contribution in [0.2, 0.25) is 5.02 Å². The second-order valence-corrected chi connectivity index (χ2v) is 6.13. The minimum atomic E-state index is 0. The SMILES string of the molecule is CC(c1cccc(Cl)c1)N1CCC2CNCC2C1.Cl. The van der Waals surface area contributed by atoms with Crippen LogP contribution in [0.4, 0.5) is 0 Å². The summed E-state index contributed by atoms with van der Waals surface area (Å²) in [5.41, 5.74) is 1.34. The molecule has 0 bridgehead atoms. The van der Waals surface area contributed by atoms with Crippen LogP contribution in [0.15, 0.2) is 24.3 Å². The number of rotatable bonds is 2. The fourth-order valence-corrected chi connectivity index (χ4v) is 3.59. The number of nitrogens with one attached hydrogen (secondary N) is 1. The summed E-state index contributed by atoms with van der Waals surface area (Å²) in [7, 11) is 0. The Bertz CT molecular complexity index is 424. The molecule has 2 aliphatic rings. The summed E-state index contributed by atoms with van der Waals surface area (Å²) in [6.07, 6.45) is 1.34. The van der Waals surface area contributed by atoms with Crippen molar-refractivity contribution in [3.8, 4) is 0 Å². The van der Waals surface area contributed by atoms with Gasteiger partial charge in [-0.2, -0.15) is 0 Å². The average molecular weight is 301 g/mol. The second kappa shape index (κ2) is 6.45. The summed E-state index contributed by atoms with van der Waals surface area (Å²) < 4.78 is 0. The van der Waals surface area contributed by atoms with E-state index in [9.17, 15) is 0 Å². The van der Waals surface area contributed by atoms with Crippen LogP contribution in [-0.4, -0.2) is 31.1 Å². The van der Waals surface area contributed by atoms with Gasteiger partial charge in [0.15, 0.2) is 0 Å². The lowest BCUT2D eigenvalue weighted by molar-refractivity contribution is 0.111. The van der Waals surface area contributed by atoms with Crippen molar-refractivity contribution < 1.29 is 0 Å². The minimum absolute atomic E-state index is 0. The van der Waals surface area contributed by atoms with E-state index < -0.39 is 0 Å². The molecule has 0 saturated carbocycles. The van der Waals surface area contributed by atoms with E-state index in [-0.39, 0.29) is 12.4 Å². The fourth-order valence-electron chi connectivity index (χ4n) is 3.39. The van der Waals surface area contributed by atoms with Crippen molar-refractivity contribution in [1.29, 1.82) is 0 Å². The predicted molar refractivity (Wildman–Crippen MR) is 83.2 cm³/mol. The zero-order chi connectivity index (χ0) is 12.5. The summed E-state index contributed by atoms with van der Waals surface area (Å²) in [6.45, 7) is 7.17. The first-order chi connectivity index (χ1) is 8.74. The van der Waals surface area contributed by atoms with Crippen LogP contribution in [0.5, 0.6) is 0 Å². The van der Waals surface area contributed by atoms with Crippen molar-refractivity contribution in [3.63, 3.8) is 0 Å². The monoisotopic (exact) mass is 300 g/mol. The van der Waals surface area contributed by atoms with Crippen molar-refractivity contribution in [2.45, 2.75) is 19.4 Å². The maximum absolute atomic E-state index is 6.09. The van der Waals surface area contributed by atoms with Crippen LogP contribution in [0.25, 0.3) is 0 Å². The molecule has 1 aromatic carbocycles. The molecule has 2 fully saturated rings. The van der Waals surface area contributed by atoms with E-state index in [0.717, 1.165) is 16.9 Å². The number of piperidine rings is 1. The lowest BCUT2D eigenvalue weighted by Gasteiger charge is -2.38. The Morgan fingerprint density at radius 2 is 2.11 bits per heavy atom. The Labute approximate surface area is 126 Å². The summed E-state index contributed by atoms with van der Waals surface area (Å²) in [5, 5.41) is 4.37. The quantitative estimate of drug-likeness (QED) is 0.901. The van der Waals surface area contributed by atoms with Crippen LogP contribution in [0, 0.1) is 11.8 Å². The van der Waals surface area contributed by atoms with Gasteiger partial charge in [0, 0.05) is 17.6 Å². The third kappa shape index (κ3) is 3.25. The number of hydrogen-bond donors (Lipinski definition) is 1. The van der Waals surface area contributed by atoms with Gasteiger partial charge in [-0.3, -0.25) is 4.90 Å². The van der Waals surface area contributed by atoms with Gasteiger partial charge < -0.3 is 5.32 Å². The van der Waals surface area contributed by atoms with Crippen LogP contribution in [-0.2, 0) is 0 Å². The number of halogens is 2. The lowest BCUT2D eigenvalue weighted by Crippen LogP contribution is -2.41. The van der Waals surface area contributed by atoms with Gasteiger partial charge in [0.2, 0.25) is 0 Å². The molecular formula is C15H22Cl2N2. The molecule has 3 rings (SSSR count). The molecule has 2 nitrogen and oxygen atoms in total. The number of benzene rings is 1. The molecule has 0 radical (unpaired) electrons. The zero-order valence-corrected chi connectivity index (χ0v) is 12.9. The molecule has 0 spiro atoms. The maximum Gasteiger partial charge on any atom is 0.0409 e. The molecule has 0 aliphatic carbocycles. The third-order valence-corrected chi connectivity index (χ3v) is 4.85. The van der Waals surface area contributed by atoms with E-state index in [2.05, 4.69) is 35.3 Å². The molecule has 2 saturated heterocycles. The van der Waals surface area contributed by atoms with Gasteiger partial charge in [-0.25, -0.2) is 0 Å². The fraction of sp³-hybridized carbons (Fsp3) is 0.600. The first kappa shape index (κ1) is 15.1. The van der Waals surface area contributed by atoms with E-state index in [4.69, 9.17) is 11.6 Å². The van der Waals surface area contributed by atoms with Crippen LogP contribution in [0.3, 0.4) is 0 Å². The molecule has 0 aromatic heterocycles. The molecule has 1 aromatic rings. The van der Waals surface area contributed by atoms with Gasteiger partial charge in [-0.15, -0.1) is 12.4 Å². The number of nitrogens with zero attached hydrogens (tertiary/aromatic N) is 1. The van der Waals surface area contributed by atoms with E-state index in [0.29, 0.717) is 6.04 Å². The highest BCUT2D eigenvalue weighted by molar-refractivity contribution is 6.30. The van der Waals surface area contributed by atoms with Crippen molar-refractivity contribution >= 4 is 24.0 Å². The smallest absolute Gasteiger partial charge is 0.0409 e. The predicted octanol–water partition coefficient (Wildman–Crippen LogP) is 3.36. The van der Waals surface area contributed by atoms with Crippen LogP contribution >= 0.6 is 24.0 Å². The Morgan fingerprint density at radius 3 is 2.89 bits per heavy atom. The molecule has 19 heavy (non-hydrogen) atoms. The summed E-state index contributed by atoms with van der Waals surface area (Å²) >= 11 is 6.09. The highest BCUT2D eigenvalue weighted by atomic mass is 35.5. The molecule has 4 heteroatoms. The van der Waals surface area contributed by atoms with E-state index in [1.807, 2.05) is 6.07 Å². The number of likely N-dealkylation sites (tertiary alicyclic amines) is 1. The Kier molecular flexibility index (Phi) is 5.13. The molecular weight excluding hydrogens is 279 g/mol. The number of hydrogen-bond acceptors (Lipinski definition) is 2. The Balaban J connectivity index is 0.00000133. The van der Waals surface area contributed by atoms with E-state index >= 15 is 0 Å². The van der Waals surface area contributed by atoms with Gasteiger partial charge in [-0.05, 0) is 62.5 Å². The molecule has 2 heterocycles. The highest BCUT2D eigenvalue weighted by Crippen LogP contribution is 2.32. The van der Waals surface area contributed by atoms with Gasteiger partial charge in [0.1, 0.15) is 0 Å². The Hall–Kier alpha value is -0.280. The molecule has 0 amide bonds. The molecule has 106 valence electrons. The molecule has 2 aliphatic heterocycles. The van der Waals surface area contributed by atoms with E-state index in [1.54, 1.807) is 0 Å². The first-order valence-corrected chi connectivity index (χ1v) is 7.32. The average Bonchev–Trinajstić information content (AvgIpc) is 2.85. The Morgan fingerprint density at radius 1 is 1.32 bits per heavy atom. The lowest BCUT2D eigenvalue weighted by atomic mass is 9.87. The molecule has 3 atom stereocenters. The van der Waals surface area contributed by atoms with Gasteiger partial charge in [0.05, 0.1) is 0 Å². The number of fused-ring (bicyclic) bond motifs is 1. The van der Waals surface area contributed by atoms with Crippen molar-refractivity contribution in [2.75, 3.05) is 26.2 Å². The van der Waals surface area contributed by atoms with Gasteiger partial charge in [0.25, 0.3) is 0 Å². The van der Waals surface area contributed by atoms with Crippen LogP contribution < -0.4 is 5.32 Å². The summed E-state index contributed by atoms with van der Waals surface area (Å²) in [4.78, 5) is 2.61. The first-order valence-electron chi connectivity index (χ1n) is 6.94. The van der Waals surface area contributed by atoms with Gasteiger partial charge in [-0.1, -0.05) is 23.7 Å². The molecule has 1 N–H and O–H groups in total. The summed E-state index contributed by atoms with van der Waals surface area (Å²) in [6, 6.07) is 8.77. The maximum atomic E-state index is 6.09. The van der Waals surface area contributed by atoms with Crippen LogP contribution in [0.1, 0.15) is 24.9 Å². The normalized spacial score (nSPS) is 28.5. The van der Waals surface area contributed by atoms with E-state index in [1.165, 1.54) is 38.2 Å². The standard InChI is InChI=1S/C15H21ClN2.ClH/c1-11(12-3-2-4-15(16)7-12)18-6-5-13-8-17-9-14(13)10-18;/h2-4,7,11,13-14,17H,5-6,8-10H2,1H3;1H. The third-order valence-electron chi connectivity index (χ3n) is 4.61. The largest absolute Gasteiger partial charge is 0.316 e. The highest BCUT2D eigenvalue weighted by Gasteiger charge is 2.34. The van der Waals surface area contributed by atoms with Gasteiger partial charge >= 0.3 is 0 Å². The van der Waals surface area contributed by atoms with Crippen molar-refractivity contribution in [3.05, 3.63) is 34.9 Å². The molecule has 3 unspecified atom stereocenters. The topological polar surface area (TPSA) is 15.3 Å². The minimum Gasteiger partial charge on any atom is -0.316 e. The second-order valence-electron chi connectivity index (χ2n) is 5.69. The summed E-state index contributed by atoms with van der Waals surface area (Å²) in [5.74, 6) is 1.76. The van der Waals surface area contributed by atoms with Crippen molar-refractivity contribution in [1.82, 2.24) is 10.2 Å². The van der Waals surface area contributed by atoms with Crippen molar-refractivity contribution in [2.24, 2.45) is 11.8 Å².